The summed E-state index contributed by atoms with van der Waals surface area (Å²) in [6.07, 6.45) is 4.14. The van der Waals surface area contributed by atoms with Gasteiger partial charge in [-0.05, 0) is 42.9 Å². The molecule has 0 bridgehead atoms. The van der Waals surface area contributed by atoms with Gasteiger partial charge in [0, 0.05) is 21.5 Å². The molecular formula is C14H19Br2N. The van der Waals surface area contributed by atoms with Crippen LogP contribution in [0.1, 0.15) is 44.7 Å². The number of hydrogen-bond donors (Lipinski definition) is 1. The molecule has 94 valence electrons. The van der Waals surface area contributed by atoms with E-state index < -0.39 is 0 Å². The van der Waals surface area contributed by atoms with Crippen LogP contribution in [0.4, 0.5) is 0 Å². The Labute approximate surface area is 121 Å². The summed E-state index contributed by atoms with van der Waals surface area (Å²) in [5.41, 5.74) is 1.87. The first-order valence-corrected chi connectivity index (χ1v) is 7.77. The molecule has 1 nitrogen and oxygen atoms in total. The fourth-order valence-corrected chi connectivity index (χ4v) is 3.71. The van der Waals surface area contributed by atoms with Crippen molar-refractivity contribution in [3.8, 4) is 0 Å². The van der Waals surface area contributed by atoms with E-state index in [1.54, 1.807) is 0 Å². The largest absolute Gasteiger partial charge is 0.310 e. The molecule has 0 heterocycles. The number of benzene rings is 1. The number of hydrogen-bond acceptors (Lipinski definition) is 1. The molecule has 0 aliphatic heterocycles. The van der Waals surface area contributed by atoms with Gasteiger partial charge in [0.05, 0.1) is 0 Å². The molecule has 1 atom stereocenters. The molecule has 1 aliphatic rings. The van der Waals surface area contributed by atoms with Gasteiger partial charge in [0.25, 0.3) is 0 Å². The van der Waals surface area contributed by atoms with E-state index in [1.165, 1.54) is 29.3 Å². The van der Waals surface area contributed by atoms with Gasteiger partial charge in [-0.25, -0.2) is 0 Å². The molecule has 1 saturated carbocycles. The van der Waals surface area contributed by atoms with E-state index in [0.29, 0.717) is 11.5 Å². The lowest BCUT2D eigenvalue weighted by Crippen LogP contribution is -2.38. The van der Waals surface area contributed by atoms with E-state index in [2.05, 4.69) is 69.2 Å². The topological polar surface area (TPSA) is 12.0 Å². The van der Waals surface area contributed by atoms with E-state index in [1.807, 2.05) is 0 Å². The second-order valence-electron chi connectivity index (χ2n) is 5.43. The fourth-order valence-electron chi connectivity index (χ4n) is 2.32. The summed E-state index contributed by atoms with van der Waals surface area (Å²) in [5.74, 6) is 0. The van der Waals surface area contributed by atoms with E-state index in [0.717, 1.165) is 11.0 Å². The summed E-state index contributed by atoms with van der Waals surface area (Å²) >= 11 is 7.12. The first-order valence-electron chi connectivity index (χ1n) is 6.18. The van der Waals surface area contributed by atoms with E-state index in [-0.39, 0.29) is 0 Å². The van der Waals surface area contributed by atoms with Crippen LogP contribution in [0.3, 0.4) is 0 Å². The van der Waals surface area contributed by atoms with Gasteiger partial charge < -0.3 is 5.32 Å². The monoisotopic (exact) mass is 359 g/mol. The molecule has 3 heteroatoms. The standard InChI is InChI=1S/C14H19Br2N/c1-10(17-9-14(2)6-3-7-14)12-5-4-11(15)8-13(12)16/h4-5,8,10,17H,3,6-7,9H2,1-2H3. The van der Waals surface area contributed by atoms with Gasteiger partial charge in [-0.3, -0.25) is 0 Å². The van der Waals surface area contributed by atoms with Crippen molar-refractivity contribution in [3.05, 3.63) is 32.7 Å². The lowest BCUT2D eigenvalue weighted by Gasteiger charge is -2.39. The molecule has 0 saturated heterocycles. The van der Waals surface area contributed by atoms with Crippen LogP contribution in [0, 0.1) is 5.41 Å². The van der Waals surface area contributed by atoms with Crippen LogP contribution < -0.4 is 5.32 Å². The van der Waals surface area contributed by atoms with Crippen molar-refractivity contribution in [3.63, 3.8) is 0 Å². The quantitative estimate of drug-likeness (QED) is 0.791. The van der Waals surface area contributed by atoms with Crippen LogP contribution in [0.25, 0.3) is 0 Å². The molecule has 1 unspecified atom stereocenters. The minimum absolute atomic E-state index is 0.398. The third-order valence-electron chi connectivity index (χ3n) is 3.82. The summed E-state index contributed by atoms with van der Waals surface area (Å²) in [6, 6.07) is 6.78. The van der Waals surface area contributed by atoms with Crippen LogP contribution in [-0.4, -0.2) is 6.54 Å². The van der Waals surface area contributed by atoms with E-state index in [4.69, 9.17) is 0 Å². The van der Waals surface area contributed by atoms with Gasteiger partial charge in [0.1, 0.15) is 0 Å². The van der Waals surface area contributed by atoms with Gasteiger partial charge >= 0.3 is 0 Å². The molecule has 0 radical (unpaired) electrons. The number of rotatable bonds is 4. The predicted octanol–water partition coefficient (Wildman–Crippen LogP) is 5.05. The number of nitrogens with one attached hydrogen (secondary N) is 1. The maximum Gasteiger partial charge on any atom is 0.0303 e. The minimum atomic E-state index is 0.398. The summed E-state index contributed by atoms with van der Waals surface area (Å²) in [4.78, 5) is 0. The molecule has 1 aromatic rings. The van der Waals surface area contributed by atoms with Crippen LogP contribution >= 0.6 is 31.9 Å². The molecule has 1 aliphatic carbocycles. The second-order valence-corrected chi connectivity index (χ2v) is 7.20. The smallest absolute Gasteiger partial charge is 0.0303 e. The van der Waals surface area contributed by atoms with Gasteiger partial charge in [-0.15, -0.1) is 0 Å². The van der Waals surface area contributed by atoms with Gasteiger partial charge in [-0.2, -0.15) is 0 Å². The van der Waals surface area contributed by atoms with Crippen LogP contribution in [0.15, 0.2) is 27.1 Å². The zero-order valence-electron chi connectivity index (χ0n) is 10.4. The van der Waals surface area contributed by atoms with Crippen LogP contribution in [-0.2, 0) is 0 Å². The Balaban J connectivity index is 1.96. The number of halogens is 2. The molecule has 2 rings (SSSR count). The van der Waals surface area contributed by atoms with Crippen molar-refractivity contribution in [1.29, 1.82) is 0 Å². The van der Waals surface area contributed by atoms with E-state index in [9.17, 15) is 0 Å². The van der Waals surface area contributed by atoms with Crippen LogP contribution in [0.2, 0.25) is 0 Å². The molecule has 1 fully saturated rings. The zero-order valence-corrected chi connectivity index (χ0v) is 13.6. The lowest BCUT2D eigenvalue weighted by atomic mass is 9.70. The molecular weight excluding hydrogens is 342 g/mol. The summed E-state index contributed by atoms with van der Waals surface area (Å²) in [6.45, 7) is 5.74. The Morgan fingerprint density at radius 2 is 2.06 bits per heavy atom. The minimum Gasteiger partial charge on any atom is -0.310 e. The second kappa shape index (κ2) is 5.41. The highest BCUT2D eigenvalue weighted by Crippen LogP contribution is 2.40. The van der Waals surface area contributed by atoms with Crippen molar-refractivity contribution < 1.29 is 0 Å². The average molecular weight is 361 g/mol. The zero-order chi connectivity index (χ0) is 12.5. The molecule has 1 N–H and O–H groups in total. The first kappa shape index (κ1) is 13.6. The summed E-state index contributed by atoms with van der Waals surface area (Å²) in [7, 11) is 0. The Kier molecular flexibility index (Phi) is 4.32. The Morgan fingerprint density at radius 1 is 1.35 bits per heavy atom. The summed E-state index contributed by atoms with van der Waals surface area (Å²) in [5, 5.41) is 3.66. The lowest BCUT2D eigenvalue weighted by molar-refractivity contribution is 0.152. The average Bonchev–Trinajstić information content (AvgIpc) is 2.23. The third-order valence-corrected chi connectivity index (χ3v) is 5.00. The summed E-state index contributed by atoms with van der Waals surface area (Å²) < 4.78 is 2.29. The third kappa shape index (κ3) is 3.33. The molecule has 0 amide bonds. The van der Waals surface area contributed by atoms with Crippen LogP contribution in [0.5, 0.6) is 0 Å². The van der Waals surface area contributed by atoms with Crippen molar-refractivity contribution >= 4 is 31.9 Å². The Hall–Kier alpha value is 0.140. The molecule has 17 heavy (non-hydrogen) atoms. The van der Waals surface area contributed by atoms with Gasteiger partial charge in [-0.1, -0.05) is 51.3 Å². The Bertz CT molecular complexity index is 399. The van der Waals surface area contributed by atoms with Crippen molar-refractivity contribution in [2.24, 2.45) is 5.41 Å². The highest BCUT2D eigenvalue weighted by Gasteiger charge is 2.31. The van der Waals surface area contributed by atoms with Crippen molar-refractivity contribution in [1.82, 2.24) is 5.32 Å². The van der Waals surface area contributed by atoms with Crippen molar-refractivity contribution in [2.75, 3.05) is 6.54 Å². The molecule has 1 aromatic carbocycles. The Morgan fingerprint density at radius 3 is 2.59 bits per heavy atom. The van der Waals surface area contributed by atoms with E-state index >= 15 is 0 Å². The molecule has 0 spiro atoms. The highest BCUT2D eigenvalue weighted by molar-refractivity contribution is 9.11. The van der Waals surface area contributed by atoms with Gasteiger partial charge in [0.15, 0.2) is 0 Å². The fraction of sp³-hybridized carbons (Fsp3) is 0.571. The van der Waals surface area contributed by atoms with Crippen molar-refractivity contribution in [2.45, 2.75) is 39.2 Å². The SMILES string of the molecule is CC(NCC1(C)CCC1)c1ccc(Br)cc1Br. The highest BCUT2D eigenvalue weighted by atomic mass is 79.9. The normalized spacial score (nSPS) is 19.8. The first-order chi connectivity index (χ1) is 8.00. The van der Waals surface area contributed by atoms with Gasteiger partial charge in [0.2, 0.25) is 0 Å². The molecule has 0 aromatic heterocycles. The predicted molar refractivity (Wildman–Crippen MR) is 80.2 cm³/mol. The maximum absolute atomic E-state index is 3.66. The maximum atomic E-state index is 3.66.